The lowest BCUT2D eigenvalue weighted by Crippen LogP contribution is -2.47. The SMILES string of the molecule is CCc1ccc(CNC(=O)NC2COc3ccc(OC)cc3C2)cc1. The maximum Gasteiger partial charge on any atom is 0.315 e. The number of carbonyl (C=O) groups is 1. The standard InChI is InChI=1S/C20H24N2O3/c1-3-14-4-6-15(7-5-14)12-21-20(23)22-17-10-16-11-18(24-2)8-9-19(16)25-13-17/h4-9,11,17H,3,10,12-13H2,1-2H3,(H2,21,22,23). The Morgan fingerprint density at radius 2 is 1.96 bits per heavy atom. The molecule has 2 N–H and O–H groups in total. The second-order valence-corrected chi connectivity index (χ2v) is 6.18. The van der Waals surface area contributed by atoms with Crippen molar-refractivity contribution in [3.05, 3.63) is 59.2 Å². The van der Waals surface area contributed by atoms with Crippen LogP contribution in [-0.2, 0) is 19.4 Å². The van der Waals surface area contributed by atoms with Gasteiger partial charge in [-0.3, -0.25) is 0 Å². The van der Waals surface area contributed by atoms with Crippen LogP contribution < -0.4 is 20.1 Å². The highest BCUT2D eigenvalue weighted by molar-refractivity contribution is 5.74. The van der Waals surface area contributed by atoms with Crippen molar-refractivity contribution in [2.45, 2.75) is 32.4 Å². The Hall–Kier alpha value is -2.69. The van der Waals surface area contributed by atoms with Crippen LogP contribution in [0.25, 0.3) is 0 Å². The predicted octanol–water partition coefficient (Wildman–Crippen LogP) is 3.06. The van der Waals surface area contributed by atoms with E-state index in [9.17, 15) is 4.79 Å². The minimum atomic E-state index is -0.181. The molecule has 1 heterocycles. The van der Waals surface area contributed by atoms with Crippen molar-refractivity contribution in [1.82, 2.24) is 10.6 Å². The lowest BCUT2D eigenvalue weighted by molar-refractivity contribution is 0.214. The second-order valence-electron chi connectivity index (χ2n) is 6.18. The normalized spacial score (nSPS) is 15.7. The lowest BCUT2D eigenvalue weighted by Gasteiger charge is -2.26. The average Bonchev–Trinajstić information content (AvgIpc) is 2.66. The zero-order chi connectivity index (χ0) is 17.6. The van der Waals surface area contributed by atoms with Gasteiger partial charge in [0.15, 0.2) is 0 Å². The zero-order valence-electron chi connectivity index (χ0n) is 14.7. The third-order valence-corrected chi connectivity index (χ3v) is 4.39. The van der Waals surface area contributed by atoms with Gasteiger partial charge >= 0.3 is 6.03 Å². The van der Waals surface area contributed by atoms with E-state index in [0.29, 0.717) is 13.2 Å². The summed E-state index contributed by atoms with van der Waals surface area (Å²) < 4.78 is 11.0. The molecule has 0 bridgehead atoms. The molecule has 0 fully saturated rings. The Morgan fingerprint density at radius 1 is 1.20 bits per heavy atom. The molecule has 0 aromatic heterocycles. The maximum atomic E-state index is 12.1. The summed E-state index contributed by atoms with van der Waals surface area (Å²) in [6, 6.07) is 13.8. The van der Waals surface area contributed by atoms with Crippen molar-refractivity contribution >= 4 is 6.03 Å². The first-order valence-corrected chi connectivity index (χ1v) is 8.60. The average molecular weight is 340 g/mol. The number of rotatable bonds is 5. The van der Waals surface area contributed by atoms with Crippen molar-refractivity contribution in [2.75, 3.05) is 13.7 Å². The molecule has 132 valence electrons. The molecule has 2 amide bonds. The van der Waals surface area contributed by atoms with Gasteiger partial charge in [0.05, 0.1) is 13.2 Å². The van der Waals surface area contributed by atoms with Crippen LogP contribution >= 0.6 is 0 Å². The van der Waals surface area contributed by atoms with Gasteiger partial charge in [-0.25, -0.2) is 4.79 Å². The molecular formula is C20H24N2O3. The van der Waals surface area contributed by atoms with Gasteiger partial charge in [0, 0.05) is 6.54 Å². The molecule has 1 atom stereocenters. The van der Waals surface area contributed by atoms with Crippen LogP contribution in [0.3, 0.4) is 0 Å². The number of benzene rings is 2. The Morgan fingerprint density at radius 3 is 2.68 bits per heavy atom. The summed E-state index contributed by atoms with van der Waals surface area (Å²) in [5.41, 5.74) is 3.43. The quantitative estimate of drug-likeness (QED) is 0.879. The fourth-order valence-corrected chi connectivity index (χ4v) is 2.90. The number of hydrogen-bond donors (Lipinski definition) is 2. The molecule has 0 aliphatic carbocycles. The molecule has 2 aromatic rings. The number of methoxy groups -OCH3 is 1. The van der Waals surface area contributed by atoms with E-state index in [0.717, 1.165) is 35.5 Å². The molecule has 1 aliphatic rings. The predicted molar refractivity (Wildman–Crippen MR) is 97.2 cm³/mol. The van der Waals surface area contributed by atoms with Crippen LogP contribution in [0.4, 0.5) is 4.79 Å². The summed E-state index contributed by atoms with van der Waals surface area (Å²) in [4.78, 5) is 12.1. The van der Waals surface area contributed by atoms with Crippen LogP contribution in [0, 0.1) is 0 Å². The van der Waals surface area contributed by atoms with Crippen LogP contribution in [0.2, 0.25) is 0 Å². The molecule has 25 heavy (non-hydrogen) atoms. The number of amides is 2. The fraction of sp³-hybridized carbons (Fsp3) is 0.350. The first-order chi connectivity index (χ1) is 12.2. The molecule has 3 rings (SSSR count). The van der Waals surface area contributed by atoms with Crippen molar-refractivity contribution in [3.63, 3.8) is 0 Å². The van der Waals surface area contributed by atoms with E-state index in [-0.39, 0.29) is 12.1 Å². The van der Waals surface area contributed by atoms with E-state index in [1.54, 1.807) is 7.11 Å². The zero-order valence-corrected chi connectivity index (χ0v) is 14.7. The van der Waals surface area contributed by atoms with Gasteiger partial charge in [-0.15, -0.1) is 0 Å². The lowest BCUT2D eigenvalue weighted by atomic mass is 10.0. The molecule has 0 saturated heterocycles. The van der Waals surface area contributed by atoms with E-state index >= 15 is 0 Å². The van der Waals surface area contributed by atoms with Gasteiger partial charge in [0.1, 0.15) is 18.1 Å². The highest BCUT2D eigenvalue weighted by Crippen LogP contribution is 2.28. The highest BCUT2D eigenvalue weighted by atomic mass is 16.5. The molecule has 2 aromatic carbocycles. The van der Waals surface area contributed by atoms with Gasteiger partial charge in [0.2, 0.25) is 0 Å². The maximum absolute atomic E-state index is 12.1. The summed E-state index contributed by atoms with van der Waals surface area (Å²) in [5.74, 6) is 1.65. The van der Waals surface area contributed by atoms with Crippen molar-refractivity contribution < 1.29 is 14.3 Å². The minimum Gasteiger partial charge on any atom is -0.497 e. The Labute approximate surface area is 148 Å². The number of aryl methyl sites for hydroxylation is 1. The Kier molecular flexibility index (Phi) is 5.43. The first kappa shape index (κ1) is 17.1. The summed E-state index contributed by atoms with van der Waals surface area (Å²) in [6.45, 7) is 3.10. The van der Waals surface area contributed by atoms with Crippen molar-refractivity contribution in [1.29, 1.82) is 0 Å². The minimum absolute atomic E-state index is 0.0536. The van der Waals surface area contributed by atoms with Gasteiger partial charge in [0.25, 0.3) is 0 Å². The smallest absolute Gasteiger partial charge is 0.315 e. The van der Waals surface area contributed by atoms with Gasteiger partial charge in [-0.2, -0.15) is 0 Å². The Bertz CT molecular complexity index is 728. The number of carbonyl (C=O) groups excluding carboxylic acids is 1. The monoisotopic (exact) mass is 340 g/mol. The van der Waals surface area contributed by atoms with E-state index in [1.807, 2.05) is 30.3 Å². The van der Waals surface area contributed by atoms with E-state index in [1.165, 1.54) is 5.56 Å². The molecule has 1 unspecified atom stereocenters. The van der Waals surface area contributed by atoms with Crippen LogP contribution in [0.1, 0.15) is 23.6 Å². The summed E-state index contributed by atoms with van der Waals surface area (Å²) in [7, 11) is 1.64. The molecule has 5 heteroatoms. The number of ether oxygens (including phenoxy) is 2. The van der Waals surface area contributed by atoms with Gasteiger partial charge in [-0.1, -0.05) is 31.2 Å². The largest absolute Gasteiger partial charge is 0.497 e. The van der Waals surface area contributed by atoms with Crippen LogP contribution in [0.15, 0.2) is 42.5 Å². The number of fused-ring (bicyclic) bond motifs is 1. The van der Waals surface area contributed by atoms with Gasteiger partial charge in [-0.05, 0) is 47.7 Å². The highest BCUT2D eigenvalue weighted by Gasteiger charge is 2.21. The third kappa shape index (κ3) is 4.44. The first-order valence-electron chi connectivity index (χ1n) is 8.60. The number of nitrogens with one attached hydrogen (secondary N) is 2. The summed E-state index contributed by atoms with van der Waals surface area (Å²) in [5, 5.41) is 5.87. The topological polar surface area (TPSA) is 59.6 Å². The summed E-state index contributed by atoms with van der Waals surface area (Å²) >= 11 is 0. The van der Waals surface area contributed by atoms with Gasteiger partial charge < -0.3 is 20.1 Å². The van der Waals surface area contributed by atoms with E-state index < -0.39 is 0 Å². The second kappa shape index (κ2) is 7.92. The number of urea groups is 1. The van der Waals surface area contributed by atoms with Crippen LogP contribution in [-0.4, -0.2) is 25.8 Å². The third-order valence-electron chi connectivity index (χ3n) is 4.39. The number of hydrogen-bond acceptors (Lipinski definition) is 3. The fourth-order valence-electron chi connectivity index (χ4n) is 2.90. The van der Waals surface area contributed by atoms with Crippen molar-refractivity contribution in [2.24, 2.45) is 0 Å². The Balaban J connectivity index is 1.51. The van der Waals surface area contributed by atoms with E-state index in [2.05, 4.69) is 29.7 Å². The molecule has 0 spiro atoms. The van der Waals surface area contributed by atoms with Crippen molar-refractivity contribution in [3.8, 4) is 11.5 Å². The molecule has 5 nitrogen and oxygen atoms in total. The van der Waals surface area contributed by atoms with Crippen LogP contribution in [0.5, 0.6) is 11.5 Å². The molecule has 0 saturated carbocycles. The van der Waals surface area contributed by atoms with E-state index in [4.69, 9.17) is 9.47 Å². The molecule has 1 aliphatic heterocycles. The molecule has 0 radical (unpaired) electrons. The summed E-state index contributed by atoms with van der Waals surface area (Å²) in [6.07, 6.45) is 1.74. The molecular weight excluding hydrogens is 316 g/mol.